The molecule has 1 rings (SSSR count). The third kappa shape index (κ3) is 4.38. The van der Waals surface area contributed by atoms with Crippen LogP contribution in [0.3, 0.4) is 0 Å². The second-order valence-corrected chi connectivity index (χ2v) is 5.39. The van der Waals surface area contributed by atoms with Crippen LogP contribution in [0.4, 0.5) is 0 Å². The third-order valence-electron chi connectivity index (χ3n) is 3.34. The quantitative estimate of drug-likeness (QED) is 0.614. The van der Waals surface area contributed by atoms with E-state index in [9.17, 15) is 0 Å². The van der Waals surface area contributed by atoms with Crippen LogP contribution in [0.1, 0.15) is 56.7 Å². The Labute approximate surface area is 107 Å². The van der Waals surface area contributed by atoms with E-state index in [1.54, 1.807) is 0 Å². The Morgan fingerprint density at radius 1 is 1.35 bits per heavy atom. The number of hydrogen-bond acceptors (Lipinski definition) is 0. The minimum absolute atomic E-state index is 0.773. The molecule has 0 fully saturated rings. The van der Waals surface area contributed by atoms with Gasteiger partial charge in [-0.3, -0.25) is 0 Å². The zero-order valence-electron chi connectivity index (χ0n) is 11.8. The molecule has 0 radical (unpaired) electrons. The van der Waals surface area contributed by atoms with Crippen molar-refractivity contribution in [3.8, 4) is 0 Å². The zero-order chi connectivity index (χ0) is 12.8. The van der Waals surface area contributed by atoms with Crippen LogP contribution in [-0.4, -0.2) is 0 Å². The molecular weight excluding hydrogens is 204 g/mol. The van der Waals surface area contributed by atoms with E-state index in [0.717, 1.165) is 5.92 Å². The number of allylic oxidation sites excluding steroid dienone is 1. The molecule has 0 saturated carbocycles. The van der Waals surface area contributed by atoms with E-state index < -0.39 is 0 Å². The molecule has 0 bridgehead atoms. The molecular formula is C17H26. The number of unbranched alkanes of at least 4 members (excludes halogenated alkanes) is 1. The Morgan fingerprint density at radius 2 is 2.06 bits per heavy atom. The summed E-state index contributed by atoms with van der Waals surface area (Å²) in [5.74, 6) is 0.773. The van der Waals surface area contributed by atoms with Crippen LogP contribution >= 0.6 is 0 Å². The van der Waals surface area contributed by atoms with Gasteiger partial charge in [0, 0.05) is 0 Å². The van der Waals surface area contributed by atoms with Gasteiger partial charge in [-0.2, -0.15) is 0 Å². The Bertz CT molecular complexity index is 374. The molecule has 94 valence electrons. The summed E-state index contributed by atoms with van der Waals surface area (Å²) in [6, 6.07) is 6.73. The molecule has 1 unspecified atom stereocenters. The van der Waals surface area contributed by atoms with Crippen molar-refractivity contribution in [3.63, 3.8) is 0 Å². The van der Waals surface area contributed by atoms with Crippen LogP contribution in [-0.2, 0) is 6.42 Å². The molecule has 1 aromatic rings. The molecule has 17 heavy (non-hydrogen) atoms. The highest BCUT2D eigenvalue weighted by atomic mass is 14.1. The predicted octanol–water partition coefficient (Wildman–Crippen LogP) is 5.40. The van der Waals surface area contributed by atoms with E-state index in [-0.39, 0.29) is 0 Å². The van der Waals surface area contributed by atoms with Gasteiger partial charge in [0.1, 0.15) is 0 Å². The Hall–Kier alpha value is -1.04. The standard InChI is InChI=1S/C17H26/c1-6-7-8-14(4)11-16-12-15(5)9-10-17(16)13(2)3/h9-10,12,14H,2,6-8,11H2,1,3-5H3. The summed E-state index contributed by atoms with van der Waals surface area (Å²) >= 11 is 0. The average molecular weight is 230 g/mol. The van der Waals surface area contributed by atoms with Gasteiger partial charge in [0.2, 0.25) is 0 Å². The van der Waals surface area contributed by atoms with Crippen molar-refractivity contribution < 1.29 is 0 Å². The van der Waals surface area contributed by atoms with Crippen molar-refractivity contribution in [3.05, 3.63) is 41.5 Å². The minimum Gasteiger partial charge on any atom is -0.0955 e. The monoisotopic (exact) mass is 230 g/mol. The van der Waals surface area contributed by atoms with Crippen molar-refractivity contribution in [2.75, 3.05) is 0 Å². The SMILES string of the molecule is C=C(C)c1ccc(C)cc1CC(C)CCCC. The van der Waals surface area contributed by atoms with Gasteiger partial charge in [0.15, 0.2) is 0 Å². The number of aryl methyl sites for hydroxylation is 1. The topological polar surface area (TPSA) is 0 Å². The fourth-order valence-corrected chi connectivity index (χ4v) is 2.34. The lowest BCUT2D eigenvalue weighted by Gasteiger charge is -2.15. The lowest BCUT2D eigenvalue weighted by Crippen LogP contribution is -2.02. The maximum absolute atomic E-state index is 4.09. The van der Waals surface area contributed by atoms with Gasteiger partial charge >= 0.3 is 0 Å². The van der Waals surface area contributed by atoms with Crippen LogP contribution in [0.15, 0.2) is 24.8 Å². The number of hydrogen-bond donors (Lipinski definition) is 0. The molecule has 0 aromatic heterocycles. The smallest absolute Gasteiger partial charge is 0.0201 e. The molecule has 0 aliphatic rings. The molecule has 0 N–H and O–H groups in total. The van der Waals surface area contributed by atoms with Crippen molar-refractivity contribution in [1.29, 1.82) is 0 Å². The molecule has 0 saturated heterocycles. The molecule has 0 amide bonds. The molecule has 1 atom stereocenters. The highest BCUT2D eigenvalue weighted by molar-refractivity contribution is 5.65. The maximum atomic E-state index is 4.09. The van der Waals surface area contributed by atoms with Crippen LogP contribution in [0, 0.1) is 12.8 Å². The van der Waals surface area contributed by atoms with E-state index in [4.69, 9.17) is 0 Å². The van der Waals surface area contributed by atoms with Gasteiger partial charge in [0.25, 0.3) is 0 Å². The molecule has 0 spiro atoms. The maximum Gasteiger partial charge on any atom is -0.0201 e. The first-order valence-corrected chi connectivity index (χ1v) is 6.80. The highest BCUT2D eigenvalue weighted by Crippen LogP contribution is 2.23. The summed E-state index contributed by atoms with van der Waals surface area (Å²) in [5.41, 5.74) is 5.36. The van der Waals surface area contributed by atoms with Crippen molar-refractivity contribution in [2.45, 2.75) is 53.4 Å². The first kappa shape index (κ1) is 14.0. The average Bonchev–Trinajstić information content (AvgIpc) is 2.26. The summed E-state index contributed by atoms with van der Waals surface area (Å²) < 4.78 is 0. The molecule has 0 aliphatic carbocycles. The number of benzene rings is 1. The third-order valence-corrected chi connectivity index (χ3v) is 3.34. The summed E-state index contributed by atoms with van der Waals surface area (Å²) in [7, 11) is 0. The van der Waals surface area contributed by atoms with Crippen molar-refractivity contribution in [2.24, 2.45) is 5.92 Å². The van der Waals surface area contributed by atoms with Gasteiger partial charge in [-0.25, -0.2) is 0 Å². The lowest BCUT2D eigenvalue weighted by molar-refractivity contribution is 0.503. The summed E-state index contributed by atoms with van der Waals surface area (Å²) in [4.78, 5) is 0. The predicted molar refractivity (Wildman–Crippen MR) is 78.3 cm³/mol. The Balaban J connectivity index is 2.81. The molecule has 0 heterocycles. The summed E-state index contributed by atoms with van der Waals surface area (Å²) in [6.45, 7) is 13.0. The van der Waals surface area contributed by atoms with Crippen molar-refractivity contribution in [1.82, 2.24) is 0 Å². The first-order valence-electron chi connectivity index (χ1n) is 6.80. The van der Waals surface area contributed by atoms with Gasteiger partial charge in [-0.1, -0.05) is 69.0 Å². The fraction of sp³-hybridized carbons (Fsp3) is 0.529. The molecule has 1 aromatic carbocycles. The van der Waals surface area contributed by atoms with E-state index in [0.29, 0.717) is 0 Å². The van der Waals surface area contributed by atoms with Gasteiger partial charge in [-0.15, -0.1) is 0 Å². The van der Waals surface area contributed by atoms with E-state index in [1.165, 1.54) is 47.9 Å². The van der Waals surface area contributed by atoms with Crippen molar-refractivity contribution >= 4 is 5.57 Å². The van der Waals surface area contributed by atoms with Gasteiger partial charge in [0.05, 0.1) is 0 Å². The van der Waals surface area contributed by atoms with E-state index >= 15 is 0 Å². The molecule has 0 aliphatic heterocycles. The molecule has 0 nitrogen and oxygen atoms in total. The van der Waals surface area contributed by atoms with E-state index in [2.05, 4.69) is 52.5 Å². The van der Waals surface area contributed by atoms with Crippen LogP contribution in [0.2, 0.25) is 0 Å². The van der Waals surface area contributed by atoms with Crippen LogP contribution < -0.4 is 0 Å². The largest absolute Gasteiger partial charge is 0.0955 e. The van der Waals surface area contributed by atoms with E-state index in [1.807, 2.05) is 0 Å². The first-order chi connectivity index (χ1) is 8.04. The fourth-order valence-electron chi connectivity index (χ4n) is 2.34. The molecule has 0 heteroatoms. The minimum atomic E-state index is 0.773. The van der Waals surface area contributed by atoms with Gasteiger partial charge in [-0.05, 0) is 37.3 Å². The van der Waals surface area contributed by atoms with Crippen LogP contribution in [0.5, 0.6) is 0 Å². The normalized spacial score (nSPS) is 12.5. The second-order valence-electron chi connectivity index (χ2n) is 5.39. The summed E-state index contributed by atoms with van der Waals surface area (Å²) in [6.07, 6.45) is 5.16. The summed E-state index contributed by atoms with van der Waals surface area (Å²) in [5, 5.41) is 0. The lowest BCUT2D eigenvalue weighted by atomic mass is 9.90. The zero-order valence-corrected chi connectivity index (χ0v) is 11.8. The Morgan fingerprint density at radius 3 is 2.65 bits per heavy atom. The Kier molecular flexibility index (Phi) is 5.47. The van der Waals surface area contributed by atoms with Gasteiger partial charge < -0.3 is 0 Å². The highest BCUT2D eigenvalue weighted by Gasteiger charge is 2.08. The second kappa shape index (κ2) is 6.64. The van der Waals surface area contributed by atoms with Crippen LogP contribution in [0.25, 0.3) is 5.57 Å². The number of rotatable bonds is 6.